The van der Waals surface area contributed by atoms with Crippen LogP contribution in [0.25, 0.3) is 0 Å². The molecule has 0 N–H and O–H groups in total. The van der Waals surface area contributed by atoms with Crippen molar-refractivity contribution in [2.24, 2.45) is 10.8 Å². The lowest BCUT2D eigenvalue weighted by atomic mass is 9.81. The zero-order valence-electron chi connectivity index (χ0n) is 15.0. The van der Waals surface area contributed by atoms with Crippen LogP contribution in [0.4, 0.5) is 0 Å². The second-order valence-corrected chi connectivity index (χ2v) is 7.24. The predicted octanol–water partition coefficient (Wildman–Crippen LogP) is 3.87. The average molecular weight is 348 g/mol. The first-order chi connectivity index (χ1) is 12.4. The molecule has 4 heteroatoms. The van der Waals surface area contributed by atoms with Crippen molar-refractivity contribution in [3.05, 3.63) is 65.2 Å². The second-order valence-electron chi connectivity index (χ2n) is 7.24. The monoisotopic (exact) mass is 348 g/mol. The van der Waals surface area contributed by atoms with Gasteiger partial charge in [-0.3, -0.25) is 14.4 Å². The summed E-state index contributed by atoms with van der Waals surface area (Å²) in [6.45, 7) is 5.21. The van der Waals surface area contributed by atoms with Crippen molar-refractivity contribution in [3.63, 3.8) is 0 Å². The van der Waals surface area contributed by atoms with Gasteiger partial charge < -0.3 is 4.74 Å². The summed E-state index contributed by atoms with van der Waals surface area (Å²) in [5.41, 5.74) is -0.163. The summed E-state index contributed by atoms with van der Waals surface area (Å²) in [7, 11) is 0. The van der Waals surface area contributed by atoms with E-state index >= 15 is 0 Å². The van der Waals surface area contributed by atoms with Crippen molar-refractivity contribution in [3.8, 4) is 5.75 Å². The van der Waals surface area contributed by atoms with Gasteiger partial charge in [0.2, 0.25) is 0 Å². The molecule has 0 spiro atoms. The summed E-state index contributed by atoms with van der Waals surface area (Å²) in [6.07, 6.45) is 0.396. The van der Waals surface area contributed by atoms with Gasteiger partial charge in [-0.1, -0.05) is 55.0 Å². The average Bonchev–Trinajstić information content (AvgIpc) is 3.29. The van der Waals surface area contributed by atoms with Crippen LogP contribution in [0.15, 0.2) is 48.5 Å². The summed E-state index contributed by atoms with van der Waals surface area (Å²) in [5.74, 6) is -1.08. The minimum atomic E-state index is -1.42. The van der Waals surface area contributed by atoms with Crippen molar-refractivity contribution >= 4 is 17.5 Å². The number of carbonyl (C=O) groups is 3. The second kappa shape index (κ2) is 5.37. The molecule has 1 saturated carbocycles. The lowest BCUT2D eigenvalue weighted by molar-refractivity contribution is -0.148. The van der Waals surface area contributed by atoms with Gasteiger partial charge >= 0.3 is 5.97 Å². The fourth-order valence-electron chi connectivity index (χ4n) is 4.90. The number of hydrogen-bond donors (Lipinski definition) is 0. The summed E-state index contributed by atoms with van der Waals surface area (Å²) >= 11 is 0. The number of carbonyl (C=O) groups excluding carboxylic acids is 3. The molecule has 1 aliphatic carbocycles. The number of esters is 1. The molecule has 132 valence electrons. The van der Waals surface area contributed by atoms with Crippen LogP contribution in [-0.2, 0) is 9.59 Å². The molecule has 2 aromatic carbocycles. The summed E-state index contributed by atoms with van der Waals surface area (Å²) in [4.78, 5) is 39.2. The number of ketones is 2. The Hall–Kier alpha value is -2.75. The Morgan fingerprint density at radius 2 is 1.73 bits per heavy atom. The number of aryl methyl sites for hydroxylation is 1. The van der Waals surface area contributed by atoms with Gasteiger partial charge in [-0.15, -0.1) is 0 Å². The molecule has 0 unspecified atom stereocenters. The van der Waals surface area contributed by atoms with Gasteiger partial charge in [-0.05, 0) is 26.3 Å². The van der Waals surface area contributed by atoms with Crippen molar-refractivity contribution in [1.82, 2.24) is 0 Å². The smallest absolute Gasteiger partial charge is 0.326 e. The normalized spacial score (nSPS) is 28.6. The molecular weight excluding hydrogens is 328 g/mol. The molecule has 2 aromatic rings. The van der Waals surface area contributed by atoms with Crippen molar-refractivity contribution in [2.45, 2.75) is 33.1 Å². The van der Waals surface area contributed by atoms with Gasteiger partial charge in [0.05, 0.1) is 5.41 Å². The van der Waals surface area contributed by atoms with Crippen LogP contribution in [0.2, 0.25) is 0 Å². The van der Waals surface area contributed by atoms with E-state index in [1.807, 2.05) is 38.1 Å². The molecule has 26 heavy (non-hydrogen) atoms. The third-order valence-electron chi connectivity index (χ3n) is 6.13. The highest BCUT2D eigenvalue weighted by Gasteiger charge is 2.87. The number of rotatable bonds is 4. The van der Waals surface area contributed by atoms with Gasteiger partial charge in [0.25, 0.3) is 0 Å². The third kappa shape index (κ3) is 1.77. The Labute approximate surface area is 152 Å². The van der Waals surface area contributed by atoms with E-state index in [4.69, 9.17) is 4.74 Å². The maximum Gasteiger partial charge on any atom is 0.326 e. The van der Waals surface area contributed by atoms with E-state index in [0.29, 0.717) is 17.7 Å². The van der Waals surface area contributed by atoms with E-state index in [1.54, 1.807) is 24.3 Å². The van der Waals surface area contributed by atoms with E-state index in [9.17, 15) is 14.4 Å². The Kier molecular flexibility index (Phi) is 3.45. The SMILES string of the molecule is CC[C@@]1(C(=O)c2ccc(C)cc2)[C@@H]2c3ccccc3OC(=O)[C@]21C(C)=O. The fourth-order valence-corrected chi connectivity index (χ4v) is 4.90. The Bertz CT molecular complexity index is 943. The van der Waals surface area contributed by atoms with Crippen molar-refractivity contribution in [1.29, 1.82) is 0 Å². The number of para-hydroxylation sites is 1. The molecule has 0 radical (unpaired) electrons. The molecular formula is C22H20O4. The first-order valence-electron chi connectivity index (χ1n) is 8.85. The molecule has 2 aliphatic rings. The largest absolute Gasteiger partial charge is 0.425 e. The summed E-state index contributed by atoms with van der Waals surface area (Å²) in [5, 5.41) is 0. The molecule has 1 aliphatic heterocycles. The Morgan fingerprint density at radius 1 is 1.08 bits per heavy atom. The van der Waals surface area contributed by atoms with E-state index < -0.39 is 22.7 Å². The molecule has 0 saturated heterocycles. The Balaban J connectivity index is 1.93. The number of Topliss-reactive ketones (excluding diaryl/α,β-unsaturated/α-hetero) is 2. The van der Waals surface area contributed by atoms with Crippen molar-refractivity contribution < 1.29 is 19.1 Å². The van der Waals surface area contributed by atoms with Gasteiger partial charge in [0, 0.05) is 17.0 Å². The number of benzene rings is 2. The fraction of sp³-hybridized carbons (Fsp3) is 0.318. The quantitative estimate of drug-likeness (QED) is 0.364. The first kappa shape index (κ1) is 16.7. The van der Waals surface area contributed by atoms with Gasteiger partial charge in [-0.25, -0.2) is 0 Å². The third-order valence-corrected chi connectivity index (χ3v) is 6.13. The molecule has 0 aromatic heterocycles. The minimum absolute atomic E-state index is 0.158. The molecule has 1 heterocycles. The number of ether oxygens (including phenoxy) is 1. The molecule has 1 fully saturated rings. The van der Waals surface area contributed by atoms with Crippen LogP contribution in [0, 0.1) is 17.8 Å². The lowest BCUT2D eigenvalue weighted by Crippen LogP contribution is -2.38. The molecule has 0 bridgehead atoms. The van der Waals surface area contributed by atoms with Crippen LogP contribution in [0.3, 0.4) is 0 Å². The van der Waals surface area contributed by atoms with E-state index in [-0.39, 0.29) is 11.6 Å². The maximum atomic E-state index is 13.5. The van der Waals surface area contributed by atoms with E-state index in [0.717, 1.165) is 11.1 Å². The predicted molar refractivity (Wildman–Crippen MR) is 96.2 cm³/mol. The van der Waals surface area contributed by atoms with Gasteiger partial charge in [-0.2, -0.15) is 0 Å². The Morgan fingerprint density at radius 3 is 2.35 bits per heavy atom. The minimum Gasteiger partial charge on any atom is -0.425 e. The van der Waals surface area contributed by atoms with Crippen LogP contribution < -0.4 is 4.74 Å². The maximum absolute atomic E-state index is 13.5. The number of hydrogen-bond acceptors (Lipinski definition) is 4. The summed E-state index contributed by atoms with van der Waals surface area (Å²) in [6, 6.07) is 14.5. The first-order valence-corrected chi connectivity index (χ1v) is 8.85. The highest BCUT2D eigenvalue weighted by Crippen LogP contribution is 2.80. The van der Waals surface area contributed by atoms with Crippen LogP contribution in [-0.4, -0.2) is 17.5 Å². The topological polar surface area (TPSA) is 60.4 Å². The molecule has 4 nitrogen and oxygen atoms in total. The van der Waals surface area contributed by atoms with E-state index in [1.165, 1.54) is 6.92 Å². The molecule has 4 rings (SSSR count). The summed E-state index contributed by atoms with van der Waals surface area (Å²) < 4.78 is 5.50. The van der Waals surface area contributed by atoms with Crippen molar-refractivity contribution in [2.75, 3.05) is 0 Å². The van der Waals surface area contributed by atoms with Crippen LogP contribution >= 0.6 is 0 Å². The van der Waals surface area contributed by atoms with Gasteiger partial charge in [0.15, 0.2) is 5.78 Å². The molecule has 3 atom stereocenters. The zero-order chi connectivity index (χ0) is 18.7. The molecule has 0 amide bonds. The number of fused-ring (bicyclic) bond motifs is 3. The zero-order valence-corrected chi connectivity index (χ0v) is 15.0. The lowest BCUT2D eigenvalue weighted by Gasteiger charge is -2.22. The standard InChI is InChI=1S/C22H20O4/c1-4-21(19(24)15-11-9-13(2)10-12-15)18-16-7-5-6-8-17(16)26-20(25)22(18,21)14(3)23/h5-12,18H,4H2,1-3H3/t18-,21-,22-/m0/s1. The van der Waals surface area contributed by atoms with Gasteiger partial charge in [0.1, 0.15) is 16.9 Å². The van der Waals surface area contributed by atoms with Crippen LogP contribution in [0.5, 0.6) is 5.75 Å². The highest BCUT2D eigenvalue weighted by molar-refractivity contribution is 6.21. The van der Waals surface area contributed by atoms with E-state index in [2.05, 4.69) is 0 Å². The highest BCUT2D eigenvalue weighted by atomic mass is 16.5. The van der Waals surface area contributed by atoms with Crippen LogP contribution in [0.1, 0.15) is 47.7 Å².